The minimum absolute atomic E-state index is 0.789. The van der Waals surface area contributed by atoms with Crippen LogP contribution in [0.15, 0.2) is 24.3 Å². The normalized spacial score (nSPS) is 11.8. The Bertz CT molecular complexity index is 103. The Morgan fingerprint density at radius 2 is 2.00 bits per heavy atom. The maximum Gasteiger partial charge on any atom is 0.0223 e. The molecule has 0 unspecified atom stereocenters. The summed E-state index contributed by atoms with van der Waals surface area (Å²) in [6.07, 6.45) is 11.8. The molecule has 0 spiro atoms. The molecule has 0 atom stereocenters. The molecule has 0 rings (SSSR count). The van der Waals surface area contributed by atoms with E-state index in [-0.39, 0.29) is 0 Å². The number of rotatable bonds is 5. The van der Waals surface area contributed by atoms with Gasteiger partial charge in [0.2, 0.25) is 0 Å². The molecule has 58 valence electrons. The Kier molecular flexibility index (Phi) is 8.57. The van der Waals surface area contributed by atoms with Gasteiger partial charge in [0.05, 0.1) is 0 Å². The number of unbranched alkanes of at least 4 members (excludes halogenated alkanes) is 2. The first kappa shape index (κ1) is 9.77. The summed E-state index contributed by atoms with van der Waals surface area (Å²) < 4.78 is 0. The fraction of sp³-hybridized carbons (Fsp3) is 0.556. The van der Waals surface area contributed by atoms with Crippen molar-refractivity contribution in [3.8, 4) is 0 Å². The van der Waals surface area contributed by atoms with Crippen LogP contribution in [0.3, 0.4) is 0 Å². The number of hydrogen-bond donors (Lipinski definition) is 0. The summed E-state index contributed by atoms with van der Waals surface area (Å²) in [6.45, 7) is 2.02. The lowest BCUT2D eigenvalue weighted by Gasteiger charge is -1.88. The van der Waals surface area contributed by atoms with Crippen molar-refractivity contribution in [2.45, 2.75) is 26.2 Å². The van der Waals surface area contributed by atoms with E-state index < -0.39 is 0 Å². The first-order valence-corrected chi connectivity index (χ1v) is 4.29. The van der Waals surface area contributed by atoms with Crippen LogP contribution >= 0.6 is 11.6 Å². The van der Waals surface area contributed by atoms with Crippen LogP contribution in [0.25, 0.3) is 0 Å². The fourth-order valence-corrected chi connectivity index (χ4v) is 0.832. The fourth-order valence-electron chi connectivity index (χ4n) is 0.643. The summed E-state index contributed by atoms with van der Waals surface area (Å²) in [5.41, 5.74) is 0. The van der Waals surface area contributed by atoms with Crippen LogP contribution in [0.1, 0.15) is 26.2 Å². The maximum atomic E-state index is 5.50. The monoisotopic (exact) mass is 158 g/mol. The van der Waals surface area contributed by atoms with Gasteiger partial charge in [0.15, 0.2) is 0 Å². The average molecular weight is 159 g/mol. The van der Waals surface area contributed by atoms with Gasteiger partial charge in [-0.1, -0.05) is 24.3 Å². The molecule has 0 saturated heterocycles. The van der Waals surface area contributed by atoms with Crippen LogP contribution < -0.4 is 0 Å². The summed E-state index contributed by atoms with van der Waals surface area (Å²) in [7, 11) is 0. The van der Waals surface area contributed by atoms with E-state index in [9.17, 15) is 0 Å². The highest BCUT2D eigenvalue weighted by Crippen LogP contribution is 1.97. The molecule has 0 saturated carbocycles. The van der Waals surface area contributed by atoms with Crippen LogP contribution in [0.2, 0.25) is 0 Å². The molecule has 0 aromatic rings. The zero-order valence-corrected chi connectivity index (χ0v) is 7.27. The van der Waals surface area contributed by atoms with Crippen molar-refractivity contribution in [3.05, 3.63) is 24.3 Å². The van der Waals surface area contributed by atoms with Gasteiger partial charge in [-0.2, -0.15) is 0 Å². The second-order valence-corrected chi connectivity index (χ2v) is 2.52. The Morgan fingerprint density at radius 3 is 2.60 bits per heavy atom. The van der Waals surface area contributed by atoms with E-state index >= 15 is 0 Å². The maximum absolute atomic E-state index is 5.50. The van der Waals surface area contributed by atoms with Gasteiger partial charge in [-0.15, -0.1) is 11.6 Å². The van der Waals surface area contributed by atoms with Gasteiger partial charge in [-0.05, 0) is 26.2 Å². The highest BCUT2D eigenvalue weighted by molar-refractivity contribution is 6.17. The van der Waals surface area contributed by atoms with Crippen molar-refractivity contribution in [2.75, 3.05) is 5.88 Å². The minimum Gasteiger partial charge on any atom is -0.127 e. The number of alkyl halides is 1. The van der Waals surface area contributed by atoms with Crippen molar-refractivity contribution < 1.29 is 0 Å². The standard InChI is InChI=1S/C9H15Cl/c1-2-3-4-5-6-7-8-9-10/h2-5H,6-9H2,1H3. The number of allylic oxidation sites excluding steroid dienone is 4. The first-order valence-electron chi connectivity index (χ1n) is 3.75. The molecule has 0 aliphatic carbocycles. The molecule has 0 N–H and O–H groups in total. The SMILES string of the molecule is CC=CC=CCCCCCl. The van der Waals surface area contributed by atoms with Crippen LogP contribution in [-0.4, -0.2) is 5.88 Å². The van der Waals surface area contributed by atoms with Crippen LogP contribution in [-0.2, 0) is 0 Å². The molecule has 0 fully saturated rings. The smallest absolute Gasteiger partial charge is 0.0223 e. The Balaban J connectivity index is 3.02. The summed E-state index contributed by atoms with van der Waals surface area (Å²) >= 11 is 5.50. The molecule has 0 nitrogen and oxygen atoms in total. The quantitative estimate of drug-likeness (QED) is 0.326. The Labute approximate surface area is 68.6 Å². The lowest BCUT2D eigenvalue weighted by atomic mass is 10.2. The largest absolute Gasteiger partial charge is 0.127 e. The van der Waals surface area contributed by atoms with E-state index in [0.29, 0.717) is 0 Å². The number of halogens is 1. The van der Waals surface area contributed by atoms with Crippen molar-refractivity contribution in [1.82, 2.24) is 0 Å². The molecule has 0 radical (unpaired) electrons. The summed E-state index contributed by atoms with van der Waals surface area (Å²) in [6, 6.07) is 0. The molecule has 0 bridgehead atoms. The second-order valence-electron chi connectivity index (χ2n) is 2.14. The van der Waals surface area contributed by atoms with Gasteiger partial charge in [0.1, 0.15) is 0 Å². The third kappa shape index (κ3) is 7.77. The van der Waals surface area contributed by atoms with Crippen molar-refractivity contribution in [2.24, 2.45) is 0 Å². The average Bonchev–Trinajstić information content (AvgIpc) is 1.97. The van der Waals surface area contributed by atoms with Crippen LogP contribution in [0.5, 0.6) is 0 Å². The highest BCUT2D eigenvalue weighted by atomic mass is 35.5. The third-order valence-corrected chi connectivity index (χ3v) is 1.46. The lowest BCUT2D eigenvalue weighted by Crippen LogP contribution is -1.73. The Hall–Kier alpha value is -0.230. The molecule has 0 aromatic heterocycles. The van der Waals surface area contributed by atoms with E-state index in [4.69, 9.17) is 11.6 Å². The predicted octanol–water partition coefficient (Wildman–Crippen LogP) is 3.53. The van der Waals surface area contributed by atoms with Crippen LogP contribution in [0.4, 0.5) is 0 Å². The van der Waals surface area contributed by atoms with Crippen molar-refractivity contribution >= 4 is 11.6 Å². The van der Waals surface area contributed by atoms with E-state index in [0.717, 1.165) is 18.7 Å². The van der Waals surface area contributed by atoms with Gasteiger partial charge in [-0.25, -0.2) is 0 Å². The van der Waals surface area contributed by atoms with E-state index in [1.54, 1.807) is 0 Å². The van der Waals surface area contributed by atoms with Crippen molar-refractivity contribution in [3.63, 3.8) is 0 Å². The molecule has 0 amide bonds. The molecular weight excluding hydrogens is 144 g/mol. The van der Waals surface area contributed by atoms with Gasteiger partial charge >= 0.3 is 0 Å². The van der Waals surface area contributed by atoms with Gasteiger partial charge in [0.25, 0.3) is 0 Å². The molecule has 0 heterocycles. The molecule has 0 aromatic carbocycles. The predicted molar refractivity (Wildman–Crippen MR) is 48.5 cm³/mol. The molecular formula is C9H15Cl. The van der Waals surface area contributed by atoms with Gasteiger partial charge < -0.3 is 0 Å². The van der Waals surface area contributed by atoms with Gasteiger partial charge in [-0.3, -0.25) is 0 Å². The van der Waals surface area contributed by atoms with Crippen molar-refractivity contribution in [1.29, 1.82) is 0 Å². The van der Waals surface area contributed by atoms with Gasteiger partial charge in [0, 0.05) is 5.88 Å². The Morgan fingerprint density at radius 1 is 1.20 bits per heavy atom. The lowest BCUT2D eigenvalue weighted by molar-refractivity contribution is 0.820. The molecule has 0 aliphatic heterocycles. The summed E-state index contributed by atoms with van der Waals surface area (Å²) in [5, 5.41) is 0. The zero-order chi connectivity index (χ0) is 7.66. The first-order chi connectivity index (χ1) is 4.91. The van der Waals surface area contributed by atoms with Crippen LogP contribution in [0, 0.1) is 0 Å². The number of hydrogen-bond acceptors (Lipinski definition) is 0. The van der Waals surface area contributed by atoms with E-state index in [1.165, 1.54) is 6.42 Å². The summed E-state index contributed by atoms with van der Waals surface area (Å²) in [4.78, 5) is 0. The molecule has 10 heavy (non-hydrogen) atoms. The zero-order valence-electron chi connectivity index (χ0n) is 6.52. The molecule has 0 aliphatic rings. The minimum atomic E-state index is 0.789. The third-order valence-electron chi connectivity index (χ3n) is 1.19. The summed E-state index contributed by atoms with van der Waals surface area (Å²) in [5.74, 6) is 0.789. The van der Waals surface area contributed by atoms with E-state index in [2.05, 4.69) is 12.2 Å². The topological polar surface area (TPSA) is 0 Å². The molecule has 1 heteroatoms. The highest BCUT2D eigenvalue weighted by Gasteiger charge is 1.80. The van der Waals surface area contributed by atoms with E-state index in [1.807, 2.05) is 19.1 Å². The second kappa shape index (κ2) is 8.77.